The molecule has 1 rings (SSSR count). The Hall–Kier alpha value is -1.44. The Balaban J connectivity index is 3.11. The molecular weight excluding hydrogens is 282 g/mol. The third-order valence-corrected chi connectivity index (χ3v) is 3.69. The number of nitrogens with one attached hydrogen (secondary N) is 1. The molecule has 0 radical (unpaired) electrons. The van der Waals surface area contributed by atoms with E-state index in [4.69, 9.17) is 4.55 Å². The molecule has 1 aromatic carbocycles. The number of hydrogen-bond acceptors (Lipinski definition) is 3. The molecule has 0 aromatic heterocycles. The van der Waals surface area contributed by atoms with Gasteiger partial charge in [0.15, 0.2) is 0 Å². The summed E-state index contributed by atoms with van der Waals surface area (Å²) >= 11 is 0. The molecule has 0 spiro atoms. The molecule has 0 saturated carbocycles. The Morgan fingerprint density at radius 1 is 1.30 bits per heavy atom. The number of benzene rings is 1. The van der Waals surface area contributed by atoms with Crippen LogP contribution in [0.4, 0.5) is 0 Å². The number of carboxylic acid groups (broad SMARTS) is 1. The van der Waals surface area contributed by atoms with Crippen molar-refractivity contribution in [3.05, 3.63) is 35.9 Å². The van der Waals surface area contributed by atoms with E-state index in [1.165, 1.54) is 0 Å². The van der Waals surface area contributed by atoms with E-state index in [0.717, 1.165) is 6.42 Å². The normalized spacial score (nSPS) is 14.7. The van der Waals surface area contributed by atoms with Crippen molar-refractivity contribution < 1.29 is 22.9 Å². The molecule has 0 aliphatic rings. The summed E-state index contributed by atoms with van der Waals surface area (Å²) in [5, 5.41) is 9.44. The fourth-order valence-electron chi connectivity index (χ4n) is 2.07. The van der Waals surface area contributed by atoms with Crippen LogP contribution in [-0.4, -0.2) is 29.6 Å². The molecule has 0 fully saturated rings. The second kappa shape index (κ2) is 6.83. The molecule has 112 valence electrons. The molecule has 0 aliphatic carbocycles. The minimum atomic E-state index is -4.61. The van der Waals surface area contributed by atoms with E-state index >= 15 is 0 Å². The summed E-state index contributed by atoms with van der Waals surface area (Å²) in [4.78, 5) is 11.6. The molecule has 0 heterocycles. The van der Waals surface area contributed by atoms with Gasteiger partial charge in [-0.3, -0.25) is 9.35 Å². The van der Waals surface area contributed by atoms with E-state index in [1.54, 1.807) is 30.3 Å². The first kappa shape index (κ1) is 16.6. The first-order valence-corrected chi connectivity index (χ1v) is 7.77. The van der Waals surface area contributed by atoms with Gasteiger partial charge in [-0.15, -0.1) is 0 Å². The van der Waals surface area contributed by atoms with Crippen LogP contribution in [0.5, 0.6) is 0 Å². The minimum Gasteiger partial charge on any atom is -0.480 e. The van der Waals surface area contributed by atoms with Crippen molar-refractivity contribution >= 4 is 16.3 Å². The lowest BCUT2D eigenvalue weighted by Gasteiger charge is -2.29. The van der Waals surface area contributed by atoms with Gasteiger partial charge in [-0.25, -0.2) is 0 Å². The molecule has 6 nitrogen and oxygen atoms in total. The van der Waals surface area contributed by atoms with Crippen LogP contribution in [-0.2, 0) is 21.5 Å². The second-order valence-electron chi connectivity index (χ2n) is 4.73. The lowest BCUT2D eigenvalue weighted by Crippen LogP contribution is -2.55. The van der Waals surface area contributed by atoms with Crippen LogP contribution in [0.2, 0.25) is 0 Å². The average molecular weight is 301 g/mol. The predicted octanol–water partition coefficient (Wildman–Crippen LogP) is 1.64. The van der Waals surface area contributed by atoms with Crippen LogP contribution in [0.1, 0.15) is 31.7 Å². The summed E-state index contributed by atoms with van der Waals surface area (Å²) in [5.41, 5.74) is -1.05. The largest absolute Gasteiger partial charge is 0.480 e. The highest BCUT2D eigenvalue weighted by atomic mass is 32.2. The summed E-state index contributed by atoms with van der Waals surface area (Å²) in [6, 6.07) is 8.71. The molecule has 7 heteroatoms. The summed E-state index contributed by atoms with van der Waals surface area (Å²) < 4.78 is 33.0. The Labute approximate surface area is 118 Å². The SMILES string of the molecule is CCCCC(Cc1ccccc1)(NS(=O)(=O)O)C(=O)O. The summed E-state index contributed by atoms with van der Waals surface area (Å²) in [6.07, 6.45) is 1.33. The van der Waals surface area contributed by atoms with Crippen molar-refractivity contribution in [1.82, 2.24) is 4.72 Å². The maximum absolute atomic E-state index is 11.6. The van der Waals surface area contributed by atoms with Crippen molar-refractivity contribution in [3.63, 3.8) is 0 Å². The highest BCUT2D eigenvalue weighted by Gasteiger charge is 2.41. The maximum Gasteiger partial charge on any atom is 0.334 e. The fraction of sp³-hybridized carbons (Fsp3) is 0.462. The number of unbranched alkanes of at least 4 members (excludes halogenated alkanes) is 1. The Kier molecular flexibility index (Phi) is 5.67. The van der Waals surface area contributed by atoms with Crippen molar-refractivity contribution in [2.45, 2.75) is 38.1 Å². The quantitative estimate of drug-likeness (QED) is 0.633. The first-order valence-electron chi connectivity index (χ1n) is 6.33. The van der Waals surface area contributed by atoms with Crippen molar-refractivity contribution in [3.8, 4) is 0 Å². The predicted molar refractivity (Wildman–Crippen MR) is 74.7 cm³/mol. The van der Waals surface area contributed by atoms with Gasteiger partial charge in [-0.1, -0.05) is 50.1 Å². The minimum absolute atomic E-state index is 0.0248. The lowest BCUT2D eigenvalue weighted by molar-refractivity contribution is -0.144. The van der Waals surface area contributed by atoms with E-state index in [-0.39, 0.29) is 12.8 Å². The van der Waals surface area contributed by atoms with Crippen LogP contribution in [0.15, 0.2) is 30.3 Å². The highest BCUT2D eigenvalue weighted by Crippen LogP contribution is 2.22. The summed E-state index contributed by atoms with van der Waals surface area (Å²) in [6.45, 7) is 1.88. The Morgan fingerprint density at radius 3 is 2.35 bits per heavy atom. The van der Waals surface area contributed by atoms with Gasteiger partial charge >= 0.3 is 16.3 Å². The standard InChI is InChI=1S/C13H19NO5S/c1-2-3-9-13(12(15)16,14-20(17,18)19)10-11-7-5-4-6-8-11/h4-8,14H,2-3,9-10H2,1H3,(H,15,16)(H,17,18,19). The molecule has 0 saturated heterocycles. The maximum atomic E-state index is 11.6. The molecule has 1 aromatic rings. The van der Waals surface area contributed by atoms with Crippen LogP contribution in [0.25, 0.3) is 0 Å². The smallest absolute Gasteiger partial charge is 0.334 e. The Morgan fingerprint density at radius 2 is 1.90 bits per heavy atom. The van der Waals surface area contributed by atoms with E-state index in [9.17, 15) is 18.3 Å². The van der Waals surface area contributed by atoms with Crippen molar-refractivity contribution in [1.29, 1.82) is 0 Å². The highest BCUT2D eigenvalue weighted by molar-refractivity contribution is 7.83. The number of aliphatic carboxylic acids is 1. The molecule has 0 aliphatic heterocycles. The first-order chi connectivity index (χ1) is 9.29. The van der Waals surface area contributed by atoms with Gasteiger partial charge in [0.1, 0.15) is 5.54 Å². The zero-order valence-corrected chi connectivity index (χ0v) is 12.1. The van der Waals surface area contributed by atoms with E-state index < -0.39 is 21.8 Å². The number of carboxylic acids is 1. The summed E-state index contributed by atoms with van der Waals surface area (Å²) in [7, 11) is -4.61. The third kappa shape index (κ3) is 4.92. The van der Waals surface area contributed by atoms with Crippen LogP contribution >= 0.6 is 0 Å². The van der Waals surface area contributed by atoms with Gasteiger partial charge in [0.05, 0.1) is 0 Å². The van der Waals surface area contributed by atoms with Crippen molar-refractivity contribution in [2.24, 2.45) is 0 Å². The molecule has 1 unspecified atom stereocenters. The third-order valence-electron chi connectivity index (χ3n) is 3.04. The van der Waals surface area contributed by atoms with Gasteiger partial charge < -0.3 is 5.11 Å². The average Bonchev–Trinajstić information content (AvgIpc) is 2.35. The van der Waals surface area contributed by atoms with Gasteiger partial charge in [0.2, 0.25) is 0 Å². The lowest BCUT2D eigenvalue weighted by atomic mass is 9.87. The van der Waals surface area contributed by atoms with E-state index in [2.05, 4.69) is 0 Å². The molecule has 0 bridgehead atoms. The molecule has 3 N–H and O–H groups in total. The van der Waals surface area contributed by atoms with Gasteiger partial charge in [0.25, 0.3) is 0 Å². The zero-order valence-electron chi connectivity index (χ0n) is 11.2. The van der Waals surface area contributed by atoms with E-state index in [0.29, 0.717) is 12.0 Å². The molecule has 1 atom stereocenters. The van der Waals surface area contributed by atoms with Gasteiger partial charge in [-0.2, -0.15) is 13.1 Å². The molecule has 20 heavy (non-hydrogen) atoms. The second-order valence-corrected chi connectivity index (χ2v) is 5.88. The molecule has 0 amide bonds. The van der Waals surface area contributed by atoms with E-state index in [1.807, 2.05) is 11.6 Å². The van der Waals surface area contributed by atoms with Crippen molar-refractivity contribution in [2.75, 3.05) is 0 Å². The number of rotatable bonds is 8. The number of carbonyl (C=O) groups is 1. The zero-order chi connectivity index (χ0) is 15.2. The van der Waals surface area contributed by atoms with Gasteiger partial charge in [0, 0.05) is 6.42 Å². The van der Waals surface area contributed by atoms with Crippen LogP contribution in [0.3, 0.4) is 0 Å². The fourth-order valence-corrected chi connectivity index (χ4v) is 2.83. The van der Waals surface area contributed by atoms with Gasteiger partial charge in [-0.05, 0) is 12.0 Å². The number of hydrogen-bond donors (Lipinski definition) is 3. The summed E-state index contributed by atoms with van der Waals surface area (Å²) in [5.74, 6) is -1.30. The van der Waals surface area contributed by atoms with Crippen LogP contribution in [0, 0.1) is 0 Å². The Bertz CT molecular complexity index is 543. The topological polar surface area (TPSA) is 104 Å². The molecular formula is C13H19NO5S. The van der Waals surface area contributed by atoms with Crippen LogP contribution < -0.4 is 4.72 Å². The monoisotopic (exact) mass is 301 g/mol.